The Kier molecular flexibility index (Phi) is 5.02. The maximum absolute atomic E-state index is 5.54. The maximum Gasteiger partial charge on any atom is 0.123 e. The number of aryl methyl sites for hydroxylation is 3. The Hall–Kier alpha value is -1.81. The highest BCUT2D eigenvalue weighted by Gasteiger charge is 2.18. The molecule has 0 bridgehead atoms. The third-order valence-corrected chi connectivity index (χ3v) is 3.72. The van der Waals surface area contributed by atoms with Crippen molar-refractivity contribution in [3.8, 4) is 5.75 Å². The summed E-state index contributed by atoms with van der Waals surface area (Å²) in [4.78, 5) is 0. The van der Waals surface area contributed by atoms with Crippen molar-refractivity contribution in [1.82, 2.24) is 15.1 Å². The van der Waals surface area contributed by atoms with E-state index >= 15 is 0 Å². The fourth-order valence-electron chi connectivity index (χ4n) is 2.73. The summed E-state index contributed by atoms with van der Waals surface area (Å²) in [5, 5.41) is 8.00. The molecule has 4 nitrogen and oxygen atoms in total. The lowest BCUT2D eigenvalue weighted by Gasteiger charge is -2.21. The van der Waals surface area contributed by atoms with E-state index in [4.69, 9.17) is 4.74 Å². The fourth-order valence-corrected chi connectivity index (χ4v) is 2.73. The van der Waals surface area contributed by atoms with Crippen molar-refractivity contribution >= 4 is 0 Å². The molecule has 1 atom stereocenters. The number of aromatic nitrogens is 2. The van der Waals surface area contributed by atoms with Gasteiger partial charge in [-0.25, -0.2) is 0 Å². The van der Waals surface area contributed by atoms with Crippen LogP contribution in [-0.4, -0.2) is 23.4 Å². The van der Waals surface area contributed by atoms with Crippen molar-refractivity contribution in [2.24, 2.45) is 7.05 Å². The summed E-state index contributed by atoms with van der Waals surface area (Å²) in [5.41, 5.74) is 4.73. The van der Waals surface area contributed by atoms with E-state index in [2.05, 4.69) is 42.5 Å². The van der Waals surface area contributed by atoms with Crippen LogP contribution in [0.4, 0.5) is 0 Å². The molecule has 2 aromatic rings. The van der Waals surface area contributed by atoms with Gasteiger partial charge in [0, 0.05) is 30.8 Å². The van der Waals surface area contributed by atoms with E-state index in [-0.39, 0.29) is 6.04 Å². The third-order valence-electron chi connectivity index (χ3n) is 3.72. The second-order valence-corrected chi connectivity index (χ2v) is 5.46. The summed E-state index contributed by atoms with van der Waals surface area (Å²) in [6.45, 7) is 7.18. The molecule has 0 aliphatic carbocycles. The zero-order valence-corrected chi connectivity index (χ0v) is 13.6. The van der Waals surface area contributed by atoms with E-state index in [1.807, 2.05) is 24.7 Å². The first-order valence-electron chi connectivity index (χ1n) is 7.42. The third kappa shape index (κ3) is 3.64. The lowest BCUT2D eigenvalue weighted by atomic mass is 9.98. The van der Waals surface area contributed by atoms with Gasteiger partial charge in [-0.1, -0.05) is 24.6 Å². The average molecular weight is 287 g/mol. The minimum Gasteiger partial charge on any atom is -0.496 e. The van der Waals surface area contributed by atoms with Gasteiger partial charge in [-0.3, -0.25) is 4.68 Å². The van der Waals surface area contributed by atoms with Gasteiger partial charge in [0.1, 0.15) is 5.75 Å². The van der Waals surface area contributed by atoms with Gasteiger partial charge in [0.25, 0.3) is 0 Å². The Bertz CT molecular complexity index is 604. The van der Waals surface area contributed by atoms with Crippen LogP contribution in [0.25, 0.3) is 0 Å². The molecule has 1 unspecified atom stereocenters. The van der Waals surface area contributed by atoms with Crippen LogP contribution in [0.1, 0.15) is 35.5 Å². The van der Waals surface area contributed by atoms with Crippen LogP contribution in [0.2, 0.25) is 0 Å². The topological polar surface area (TPSA) is 39.1 Å². The van der Waals surface area contributed by atoms with Crippen molar-refractivity contribution in [2.45, 2.75) is 33.2 Å². The van der Waals surface area contributed by atoms with Gasteiger partial charge < -0.3 is 10.1 Å². The minimum absolute atomic E-state index is 0.222. The molecule has 114 valence electrons. The molecule has 1 aromatic heterocycles. The zero-order chi connectivity index (χ0) is 15.4. The molecule has 0 saturated carbocycles. The minimum atomic E-state index is 0.222. The quantitative estimate of drug-likeness (QED) is 0.888. The first-order valence-corrected chi connectivity index (χ1v) is 7.42. The highest BCUT2D eigenvalue weighted by atomic mass is 16.5. The number of nitrogens with zero attached hydrogens (tertiary/aromatic N) is 2. The molecule has 1 aromatic carbocycles. The summed E-state index contributed by atoms with van der Waals surface area (Å²) < 4.78 is 7.50. The smallest absolute Gasteiger partial charge is 0.123 e. The van der Waals surface area contributed by atoms with Gasteiger partial charge in [-0.15, -0.1) is 0 Å². The van der Waals surface area contributed by atoms with Crippen molar-refractivity contribution < 1.29 is 4.74 Å². The van der Waals surface area contributed by atoms with Crippen molar-refractivity contribution in [1.29, 1.82) is 0 Å². The molecule has 1 heterocycles. The number of likely N-dealkylation sites (N-methyl/N-ethyl adjacent to an activating group) is 1. The SMILES string of the molecule is CCNC(Cc1cc(C)nn1C)c1cc(C)ccc1OC. The van der Waals surface area contributed by atoms with Crippen LogP contribution in [0.15, 0.2) is 24.3 Å². The standard InChI is InChI=1S/C17H25N3O/c1-6-18-16(11-14-10-13(3)19-20(14)4)15-9-12(2)7-8-17(15)21-5/h7-10,16,18H,6,11H2,1-5H3. The molecule has 0 radical (unpaired) electrons. The van der Waals surface area contributed by atoms with E-state index in [0.29, 0.717) is 0 Å². The van der Waals surface area contributed by atoms with Gasteiger partial charge >= 0.3 is 0 Å². The number of hydrogen-bond donors (Lipinski definition) is 1. The number of hydrogen-bond acceptors (Lipinski definition) is 3. The Morgan fingerprint density at radius 3 is 2.62 bits per heavy atom. The number of ether oxygens (including phenoxy) is 1. The van der Waals surface area contributed by atoms with Crippen molar-refractivity contribution in [3.05, 3.63) is 46.8 Å². The molecule has 21 heavy (non-hydrogen) atoms. The van der Waals surface area contributed by atoms with Gasteiger partial charge in [-0.2, -0.15) is 5.10 Å². The Morgan fingerprint density at radius 1 is 1.29 bits per heavy atom. The van der Waals surface area contributed by atoms with Crippen LogP contribution in [0.5, 0.6) is 5.75 Å². The van der Waals surface area contributed by atoms with Crippen molar-refractivity contribution in [2.75, 3.05) is 13.7 Å². The highest BCUT2D eigenvalue weighted by molar-refractivity contribution is 5.39. The van der Waals surface area contributed by atoms with Crippen LogP contribution >= 0.6 is 0 Å². The molecule has 0 aliphatic heterocycles. The predicted octanol–water partition coefficient (Wildman–Crippen LogP) is 2.94. The summed E-state index contributed by atoms with van der Waals surface area (Å²) in [6.07, 6.45) is 0.894. The molecule has 1 N–H and O–H groups in total. The maximum atomic E-state index is 5.54. The molecular formula is C17H25N3O. The first-order chi connectivity index (χ1) is 10.0. The Morgan fingerprint density at radius 2 is 2.05 bits per heavy atom. The van der Waals surface area contributed by atoms with Gasteiger partial charge in [0.15, 0.2) is 0 Å². The Labute approximate surface area is 127 Å². The number of methoxy groups -OCH3 is 1. The zero-order valence-electron chi connectivity index (χ0n) is 13.6. The predicted molar refractivity (Wildman–Crippen MR) is 85.8 cm³/mol. The summed E-state index contributed by atoms with van der Waals surface area (Å²) >= 11 is 0. The van der Waals surface area contributed by atoms with E-state index < -0.39 is 0 Å². The van der Waals surface area contributed by atoms with E-state index in [9.17, 15) is 0 Å². The van der Waals surface area contributed by atoms with Crippen LogP contribution < -0.4 is 10.1 Å². The molecule has 2 rings (SSSR count). The number of nitrogens with one attached hydrogen (secondary N) is 1. The molecule has 4 heteroatoms. The van der Waals surface area contributed by atoms with E-state index in [1.165, 1.54) is 16.8 Å². The fraction of sp³-hybridized carbons (Fsp3) is 0.471. The van der Waals surface area contributed by atoms with E-state index in [0.717, 1.165) is 24.4 Å². The summed E-state index contributed by atoms with van der Waals surface area (Å²) in [7, 11) is 3.73. The van der Waals surface area contributed by atoms with Gasteiger partial charge in [0.2, 0.25) is 0 Å². The van der Waals surface area contributed by atoms with Crippen LogP contribution in [0.3, 0.4) is 0 Å². The summed E-state index contributed by atoms with van der Waals surface area (Å²) in [6, 6.07) is 8.70. The van der Waals surface area contributed by atoms with Crippen molar-refractivity contribution in [3.63, 3.8) is 0 Å². The number of rotatable bonds is 6. The lowest BCUT2D eigenvalue weighted by molar-refractivity contribution is 0.398. The second kappa shape index (κ2) is 6.76. The monoisotopic (exact) mass is 287 g/mol. The first kappa shape index (κ1) is 15.6. The highest BCUT2D eigenvalue weighted by Crippen LogP contribution is 2.28. The lowest BCUT2D eigenvalue weighted by Crippen LogP contribution is -2.24. The van der Waals surface area contributed by atoms with Gasteiger partial charge in [0.05, 0.1) is 12.8 Å². The molecule has 0 amide bonds. The normalized spacial score (nSPS) is 12.4. The van der Waals surface area contributed by atoms with Gasteiger partial charge in [-0.05, 0) is 32.5 Å². The molecule has 0 fully saturated rings. The van der Waals surface area contributed by atoms with Crippen LogP contribution in [0, 0.1) is 13.8 Å². The number of benzene rings is 1. The Balaban J connectivity index is 2.34. The second-order valence-electron chi connectivity index (χ2n) is 5.46. The molecular weight excluding hydrogens is 262 g/mol. The largest absolute Gasteiger partial charge is 0.496 e. The molecule has 0 saturated heterocycles. The molecule has 0 spiro atoms. The van der Waals surface area contributed by atoms with E-state index in [1.54, 1.807) is 7.11 Å². The molecule has 0 aliphatic rings. The average Bonchev–Trinajstić information content (AvgIpc) is 2.76. The van der Waals surface area contributed by atoms with Crippen LogP contribution in [-0.2, 0) is 13.5 Å². The summed E-state index contributed by atoms with van der Waals surface area (Å²) in [5.74, 6) is 0.936.